The average Bonchev–Trinajstić information content (AvgIpc) is 3.46. The molecule has 430 valence electrons. The van der Waals surface area contributed by atoms with Crippen LogP contribution < -0.4 is 41.5 Å². The van der Waals surface area contributed by atoms with E-state index in [1.165, 1.54) is 187 Å². The molecule has 1 fully saturated rings. The third-order valence-corrected chi connectivity index (χ3v) is 40.1. The van der Waals surface area contributed by atoms with E-state index in [0.717, 1.165) is 31.0 Å². The van der Waals surface area contributed by atoms with E-state index < -0.39 is 46.7 Å². The predicted octanol–water partition coefficient (Wildman–Crippen LogP) is 19.8. The lowest BCUT2D eigenvalue weighted by Crippen LogP contribution is -2.48. The van der Waals surface area contributed by atoms with Gasteiger partial charge in [-0.05, 0) is 40.9 Å². The molecule has 1 aliphatic carbocycles. The van der Waals surface area contributed by atoms with Gasteiger partial charge in [-0.25, -0.2) is 4.44 Å². The van der Waals surface area contributed by atoms with Gasteiger partial charge >= 0.3 is 6.36 Å². The van der Waals surface area contributed by atoms with Crippen molar-refractivity contribution in [3.05, 3.63) is 97.1 Å². The second-order valence-electron chi connectivity index (χ2n) is 23.7. The zero-order chi connectivity index (χ0) is 55.6. The van der Waals surface area contributed by atoms with Crippen LogP contribution in [0.2, 0.25) is 54.4 Å². The van der Waals surface area contributed by atoms with Gasteiger partial charge in [0.2, 0.25) is 0 Å². The lowest BCUT2D eigenvalue weighted by Gasteiger charge is -2.46. The standard InChI is InChI=1S/C67H108F3NOP2Si3/c1-10-19-49-75(50-20-11-2,51-21-12-3)62-43-37-59(38-44-62)73(60-39-45-63(46-40-60)76(52-22-13-4,53-23-14-5)54-24-15-6)71(58-33-29-28-30-34-58)74(66-36-32-31-35-65(66)72-67(68,69)70)61-41-47-64(48-42-61)77(55-25-16-7,56-26-17-8)57-27-18-9/h31-32,35-48,58H,10-30,33-34,49-57H2,1-9H3. The molecule has 4 aromatic carbocycles. The van der Waals surface area contributed by atoms with Gasteiger partial charge in [-0.3, -0.25) is 0 Å². The summed E-state index contributed by atoms with van der Waals surface area (Å²) in [7, 11) is -8.23. The summed E-state index contributed by atoms with van der Waals surface area (Å²) in [5.41, 5.74) is 0. The van der Waals surface area contributed by atoms with Crippen LogP contribution in [0.1, 0.15) is 210 Å². The highest BCUT2D eigenvalue weighted by molar-refractivity contribution is 7.84. The first kappa shape index (κ1) is 65.7. The van der Waals surface area contributed by atoms with Crippen molar-refractivity contribution in [3.8, 4) is 5.75 Å². The normalized spacial score (nSPS) is 14.5. The summed E-state index contributed by atoms with van der Waals surface area (Å²) in [5, 5.41) is 9.28. The molecule has 10 heteroatoms. The monoisotopic (exact) mass is 1150 g/mol. The quantitative estimate of drug-likeness (QED) is 0.0328. The summed E-state index contributed by atoms with van der Waals surface area (Å²) in [6.07, 6.45) is 23.2. The molecule has 0 N–H and O–H groups in total. The maximum atomic E-state index is 14.8. The number of rotatable bonds is 38. The van der Waals surface area contributed by atoms with Gasteiger partial charge in [-0.2, -0.15) is 0 Å². The van der Waals surface area contributed by atoms with E-state index in [4.69, 9.17) is 4.74 Å². The number of hydrogen-bond acceptors (Lipinski definition) is 2. The Labute approximate surface area is 476 Å². The van der Waals surface area contributed by atoms with Gasteiger partial charge in [0.05, 0.1) is 24.2 Å². The molecule has 0 aromatic heterocycles. The maximum Gasteiger partial charge on any atom is 0.573 e. The molecule has 5 rings (SSSR count). The Morgan fingerprint density at radius 2 is 0.688 bits per heavy atom. The van der Waals surface area contributed by atoms with Crippen molar-refractivity contribution < 1.29 is 17.9 Å². The summed E-state index contributed by atoms with van der Waals surface area (Å²) in [6, 6.07) is 49.7. The van der Waals surface area contributed by atoms with Crippen molar-refractivity contribution in [2.45, 2.75) is 277 Å². The Morgan fingerprint density at radius 1 is 0.403 bits per heavy atom. The minimum atomic E-state index is -4.82. The number of unbranched alkanes of at least 4 members (excludes halogenated alkanes) is 9. The smallest absolute Gasteiger partial charge is 0.405 e. The van der Waals surface area contributed by atoms with Crippen LogP contribution in [0.25, 0.3) is 0 Å². The highest BCUT2D eigenvalue weighted by Gasteiger charge is 2.43. The first-order valence-electron chi connectivity index (χ1n) is 31.9. The van der Waals surface area contributed by atoms with E-state index in [1.54, 1.807) is 27.7 Å². The molecule has 0 spiro atoms. The number of hydrogen-bond donors (Lipinski definition) is 0. The average molecular weight is 1150 g/mol. The van der Waals surface area contributed by atoms with Gasteiger partial charge in [0, 0.05) is 27.5 Å². The van der Waals surface area contributed by atoms with Crippen molar-refractivity contribution in [1.29, 1.82) is 0 Å². The van der Waals surface area contributed by atoms with Crippen LogP contribution in [0.3, 0.4) is 0 Å². The first-order valence-corrected chi connectivity index (χ1v) is 42.4. The summed E-state index contributed by atoms with van der Waals surface area (Å²) in [5.74, 6) is -0.0497. The highest BCUT2D eigenvalue weighted by atomic mass is 31.2. The summed E-state index contributed by atoms with van der Waals surface area (Å²) in [6.45, 7) is 21.2. The second kappa shape index (κ2) is 34.4. The van der Waals surface area contributed by atoms with Gasteiger partial charge in [-0.15, -0.1) is 13.2 Å². The van der Waals surface area contributed by atoms with Crippen molar-refractivity contribution in [3.63, 3.8) is 0 Å². The van der Waals surface area contributed by atoms with Crippen LogP contribution in [-0.2, 0) is 0 Å². The Kier molecular flexibility index (Phi) is 29.4. The fourth-order valence-electron chi connectivity index (χ4n) is 13.3. The van der Waals surface area contributed by atoms with Crippen LogP contribution in [0, 0.1) is 0 Å². The largest absolute Gasteiger partial charge is 0.573 e. The number of nitrogens with zero attached hydrogens (tertiary/aromatic N) is 1. The molecule has 0 amide bonds. The Bertz CT molecular complexity index is 2060. The molecule has 0 saturated heterocycles. The molecule has 2 nitrogen and oxygen atoms in total. The molecule has 0 heterocycles. The fraction of sp³-hybridized carbons (Fsp3) is 0.642. The van der Waals surface area contributed by atoms with Crippen molar-refractivity contribution >= 4 is 77.1 Å². The minimum absolute atomic E-state index is 0.0497. The van der Waals surface area contributed by atoms with Crippen molar-refractivity contribution in [2.24, 2.45) is 0 Å². The summed E-state index contributed by atoms with van der Waals surface area (Å²) >= 11 is 0. The Hall–Kier alpha value is -2.06. The number of ether oxygens (including phenoxy) is 1. The summed E-state index contributed by atoms with van der Waals surface area (Å²) in [4.78, 5) is 0. The maximum absolute atomic E-state index is 14.8. The molecule has 1 atom stereocenters. The molecule has 77 heavy (non-hydrogen) atoms. The van der Waals surface area contributed by atoms with Gasteiger partial charge in [0.15, 0.2) is 0 Å². The molecule has 0 bridgehead atoms. The molecule has 1 unspecified atom stereocenters. The van der Waals surface area contributed by atoms with Gasteiger partial charge < -0.3 is 4.74 Å². The minimum Gasteiger partial charge on any atom is -0.405 e. The second-order valence-corrected chi connectivity index (χ2v) is 42.0. The SMILES string of the molecule is CCCC[Si](CCCC)(CCCC)c1ccc(P(c2ccc([Si](CCCC)(CCCC)CCCC)cc2)N(C2CCCCC2)P(c2ccc([Si](CCCC)(CCCC)CCCC)cc2)c2ccccc2OC(F)(F)F)cc1. The lowest BCUT2D eigenvalue weighted by atomic mass is 9.96. The third-order valence-electron chi connectivity index (χ3n) is 17.9. The van der Waals surface area contributed by atoms with Crippen LogP contribution in [0.4, 0.5) is 13.2 Å². The molecule has 4 aromatic rings. The van der Waals surface area contributed by atoms with E-state index in [-0.39, 0.29) is 11.8 Å². The lowest BCUT2D eigenvalue weighted by molar-refractivity contribution is -0.274. The Morgan fingerprint density at radius 3 is 0.974 bits per heavy atom. The van der Waals surface area contributed by atoms with Crippen LogP contribution in [0.5, 0.6) is 5.75 Å². The number of halogens is 3. The van der Waals surface area contributed by atoms with Gasteiger partial charge in [0.1, 0.15) is 5.75 Å². The summed E-state index contributed by atoms with van der Waals surface area (Å²) < 4.78 is 52.6. The van der Waals surface area contributed by atoms with E-state index in [9.17, 15) is 13.2 Å². The predicted molar refractivity (Wildman–Crippen MR) is 347 cm³/mol. The van der Waals surface area contributed by atoms with E-state index >= 15 is 0 Å². The fourth-order valence-corrected chi connectivity index (χ4v) is 36.4. The molecule has 0 radical (unpaired) electrons. The third kappa shape index (κ3) is 18.7. The van der Waals surface area contributed by atoms with Crippen LogP contribution in [-0.4, -0.2) is 41.1 Å². The molecule has 0 aliphatic heterocycles. The molecule has 1 saturated carbocycles. The van der Waals surface area contributed by atoms with E-state index in [2.05, 4.69) is 140 Å². The molecule has 1 aliphatic rings. The highest BCUT2D eigenvalue weighted by Crippen LogP contribution is 2.59. The van der Waals surface area contributed by atoms with E-state index in [1.807, 2.05) is 12.1 Å². The number of alkyl halides is 3. The zero-order valence-electron chi connectivity index (χ0n) is 50.3. The molecular formula is C67H108F3NOP2Si3. The number of para-hydroxylation sites is 1. The van der Waals surface area contributed by atoms with Crippen molar-refractivity contribution in [1.82, 2.24) is 4.44 Å². The van der Waals surface area contributed by atoms with E-state index in [0.29, 0.717) is 5.30 Å². The molecular weight excluding hydrogens is 1040 g/mol. The van der Waals surface area contributed by atoms with Gasteiger partial charge in [0.25, 0.3) is 0 Å². The zero-order valence-corrected chi connectivity index (χ0v) is 55.1. The number of benzene rings is 4. The van der Waals surface area contributed by atoms with Gasteiger partial charge in [-0.1, -0.05) is 352 Å². The van der Waals surface area contributed by atoms with Crippen LogP contribution in [0.15, 0.2) is 97.1 Å². The van der Waals surface area contributed by atoms with Crippen molar-refractivity contribution in [2.75, 3.05) is 0 Å². The topological polar surface area (TPSA) is 12.5 Å². The van der Waals surface area contributed by atoms with Crippen LogP contribution >= 0.6 is 16.1 Å². The Balaban J connectivity index is 1.88. The first-order chi connectivity index (χ1) is 37.4.